The lowest BCUT2D eigenvalue weighted by molar-refractivity contribution is 0.0697. The molecule has 0 saturated carbocycles. The maximum absolute atomic E-state index is 14.0. The molecule has 0 bridgehead atoms. The molecule has 0 saturated heterocycles. The van der Waals surface area contributed by atoms with Gasteiger partial charge in [-0.2, -0.15) is 0 Å². The van der Waals surface area contributed by atoms with Crippen molar-refractivity contribution in [2.75, 3.05) is 0 Å². The Balaban J connectivity index is 2.98. The summed E-state index contributed by atoms with van der Waals surface area (Å²) in [7, 11) is 0. The molecule has 0 atom stereocenters. The van der Waals surface area contributed by atoms with Crippen LogP contribution in [0.5, 0.6) is 0 Å². The van der Waals surface area contributed by atoms with Gasteiger partial charge in [-0.1, -0.05) is 20.3 Å². The average molecular weight is 279 g/mol. The van der Waals surface area contributed by atoms with Gasteiger partial charge in [0.15, 0.2) is 0 Å². The van der Waals surface area contributed by atoms with Crippen LogP contribution in [0.15, 0.2) is 12.1 Å². The summed E-state index contributed by atoms with van der Waals surface area (Å²) in [5.41, 5.74) is 0.641. The van der Waals surface area contributed by atoms with Crippen molar-refractivity contribution in [3.05, 3.63) is 40.6 Å². The number of benzene rings is 1. The lowest BCUT2D eigenvalue weighted by Crippen LogP contribution is -2.11. The molecule has 0 amide bonds. The third-order valence-electron chi connectivity index (χ3n) is 3.28. The van der Waals surface area contributed by atoms with E-state index < -0.39 is 17.6 Å². The Hall–Kier alpha value is -2.04. The predicted octanol–water partition coefficient (Wildman–Crippen LogP) is 3.73. The van der Waals surface area contributed by atoms with E-state index >= 15 is 0 Å². The lowest BCUT2D eigenvalue weighted by atomic mass is 9.96. The molecule has 20 heavy (non-hydrogen) atoms. The van der Waals surface area contributed by atoms with Crippen molar-refractivity contribution in [2.45, 2.75) is 33.1 Å². The van der Waals surface area contributed by atoms with Gasteiger partial charge in [-0.25, -0.2) is 18.6 Å². The van der Waals surface area contributed by atoms with Crippen molar-refractivity contribution >= 4 is 16.9 Å². The summed E-state index contributed by atoms with van der Waals surface area (Å²) in [6.07, 6.45) is 1.70. The van der Waals surface area contributed by atoms with Crippen molar-refractivity contribution in [3.8, 4) is 0 Å². The Morgan fingerprint density at radius 2 is 1.90 bits per heavy atom. The van der Waals surface area contributed by atoms with E-state index in [9.17, 15) is 18.7 Å². The zero-order chi connectivity index (χ0) is 14.9. The molecule has 0 radical (unpaired) electrons. The van der Waals surface area contributed by atoms with Crippen molar-refractivity contribution in [1.29, 1.82) is 0 Å². The van der Waals surface area contributed by atoms with Crippen LogP contribution in [0.4, 0.5) is 8.78 Å². The number of aryl methyl sites for hydroxylation is 1. The minimum absolute atomic E-state index is 0.169. The fourth-order valence-corrected chi connectivity index (χ4v) is 2.45. The van der Waals surface area contributed by atoms with Crippen LogP contribution in [0.2, 0.25) is 0 Å². The van der Waals surface area contributed by atoms with Crippen LogP contribution in [-0.4, -0.2) is 16.1 Å². The van der Waals surface area contributed by atoms with E-state index in [2.05, 4.69) is 4.98 Å². The number of rotatable bonds is 4. The lowest BCUT2D eigenvalue weighted by Gasteiger charge is -2.14. The van der Waals surface area contributed by atoms with Crippen molar-refractivity contribution in [1.82, 2.24) is 4.98 Å². The first-order valence-corrected chi connectivity index (χ1v) is 6.53. The van der Waals surface area contributed by atoms with Crippen LogP contribution in [0.3, 0.4) is 0 Å². The van der Waals surface area contributed by atoms with Crippen LogP contribution >= 0.6 is 0 Å². The van der Waals surface area contributed by atoms with Crippen LogP contribution in [0, 0.1) is 11.6 Å². The normalized spacial score (nSPS) is 11.0. The minimum Gasteiger partial charge on any atom is -0.478 e. The molecule has 1 aromatic heterocycles. The molecule has 3 nitrogen and oxygen atoms in total. The van der Waals surface area contributed by atoms with Gasteiger partial charge in [0.1, 0.15) is 17.2 Å². The van der Waals surface area contributed by atoms with Gasteiger partial charge in [-0.15, -0.1) is 0 Å². The number of carboxylic acids is 1. The second kappa shape index (κ2) is 5.53. The molecular weight excluding hydrogens is 264 g/mol. The van der Waals surface area contributed by atoms with Crippen LogP contribution in [-0.2, 0) is 12.8 Å². The van der Waals surface area contributed by atoms with Gasteiger partial charge < -0.3 is 5.11 Å². The highest BCUT2D eigenvalue weighted by molar-refractivity contribution is 6.04. The third-order valence-corrected chi connectivity index (χ3v) is 3.28. The van der Waals surface area contributed by atoms with Gasteiger partial charge in [0.25, 0.3) is 0 Å². The fraction of sp³-hybridized carbons (Fsp3) is 0.333. The number of fused-ring (bicyclic) bond motifs is 1. The highest BCUT2D eigenvalue weighted by Gasteiger charge is 2.22. The molecule has 0 fully saturated rings. The summed E-state index contributed by atoms with van der Waals surface area (Å²) in [4.78, 5) is 15.7. The molecule has 0 unspecified atom stereocenters. The average Bonchev–Trinajstić information content (AvgIpc) is 2.42. The SMILES string of the molecule is CCCc1nc2c(F)ccc(F)c2c(C(=O)O)c1CC. The number of halogens is 2. The maximum Gasteiger partial charge on any atom is 0.336 e. The zero-order valence-corrected chi connectivity index (χ0v) is 11.3. The van der Waals surface area contributed by atoms with Crippen LogP contribution in [0.1, 0.15) is 41.9 Å². The number of carbonyl (C=O) groups is 1. The van der Waals surface area contributed by atoms with E-state index in [1.54, 1.807) is 6.92 Å². The van der Waals surface area contributed by atoms with Crippen molar-refractivity contribution in [2.24, 2.45) is 0 Å². The van der Waals surface area contributed by atoms with Gasteiger partial charge in [-0.05, 0) is 30.5 Å². The molecule has 1 N–H and O–H groups in total. The van der Waals surface area contributed by atoms with Gasteiger partial charge in [0.05, 0.1) is 10.9 Å². The molecule has 5 heteroatoms. The third kappa shape index (κ3) is 2.24. The Kier molecular flexibility index (Phi) is 3.97. The smallest absolute Gasteiger partial charge is 0.336 e. The number of aromatic carboxylic acids is 1. The molecule has 2 rings (SSSR count). The molecule has 0 aliphatic heterocycles. The summed E-state index contributed by atoms with van der Waals surface area (Å²) in [6, 6.07) is 1.91. The van der Waals surface area contributed by atoms with E-state index in [1.165, 1.54) is 0 Å². The number of aromatic nitrogens is 1. The monoisotopic (exact) mass is 279 g/mol. The van der Waals surface area contributed by atoms with Crippen molar-refractivity contribution < 1.29 is 18.7 Å². The van der Waals surface area contributed by atoms with Gasteiger partial charge in [0, 0.05) is 5.69 Å². The Morgan fingerprint density at radius 1 is 1.25 bits per heavy atom. The van der Waals surface area contributed by atoms with Gasteiger partial charge in [0.2, 0.25) is 0 Å². The van der Waals surface area contributed by atoms with Crippen LogP contribution in [0.25, 0.3) is 10.9 Å². The Bertz CT molecular complexity index is 683. The van der Waals surface area contributed by atoms with E-state index in [0.717, 1.165) is 18.6 Å². The zero-order valence-electron chi connectivity index (χ0n) is 11.3. The van der Waals surface area contributed by atoms with E-state index in [-0.39, 0.29) is 16.5 Å². The molecule has 0 aliphatic carbocycles. The number of nitrogens with zero attached hydrogens (tertiary/aromatic N) is 1. The highest BCUT2D eigenvalue weighted by atomic mass is 19.1. The summed E-state index contributed by atoms with van der Waals surface area (Å²) >= 11 is 0. The Labute approximate surface area is 115 Å². The number of hydrogen-bond donors (Lipinski definition) is 1. The van der Waals surface area contributed by atoms with Gasteiger partial charge >= 0.3 is 5.97 Å². The quantitative estimate of drug-likeness (QED) is 0.927. The first-order chi connectivity index (χ1) is 9.51. The first kappa shape index (κ1) is 14.4. The number of hydrogen-bond acceptors (Lipinski definition) is 2. The standard InChI is InChI=1S/C15H15F2NO2/c1-3-5-11-8(4-2)12(15(19)20)13-9(16)6-7-10(17)14(13)18-11/h6-7H,3-5H2,1-2H3,(H,19,20). The molecule has 0 aliphatic rings. The second-order valence-corrected chi connectivity index (χ2v) is 4.57. The van der Waals surface area contributed by atoms with Crippen molar-refractivity contribution in [3.63, 3.8) is 0 Å². The summed E-state index contributed by atoms with van der Waals surface area (Å²) in [6.45, 7) is 3.71. The fourth-order valence-electron chi connectivity index (χ4n) is 2.45. The predicted molar refractivity (Wildman–Crippen MR) is 72.0 cm³/mol. The topological polar surface area (TPSA) is 50.2 Å². The van der Waals surface area contributed by atoms with E-state index in [4.69, 9.17) is 0 Å². The second-order valence-electron chi connectivity index (χ2n) is 4.57. The van der Waals surface area contributed by atoms with Crippen LogP contribution < -0.4 is 0 Å². The molecule has 106 valence electrons. The maximum atomic E-state index is 14.0. The summed E-state index contributed by atoms with van der Waals surface area (Å²) in [5, 5.41) is 9.14. The molecular formula is C15H15F2NO2. The summed E-state index contributed by atoms with van der Waals surface area (Å²) < 4.78 is 27.8. The first-order valence-electron chi connectivity index (χ1n) is 6.53. The minimum atomic E-state index is -1.25. The number of carboxylic acid groups (broad SMARTS) is 1. The Morgan fingerprint density at radius 3 is 2.45 bits per heavy atom. The van der Waals surface area contributed by atoms with E-state index in [1.807, 2.05) is 6.92 Å². The largest absolute Gasteiger partial charge is 0.478 e. The van der Waals surface area contributed by atoms with Gasteiger partial charge in [-0.3, -0.25) is 0 Å². The number of pyridine rings is 1. The molecule has 1 aromatic carbocycles. The molecule has 0 spiro atoms. The highest BCUT2D eigenvalue weighted by Crippen LogP contribution is 2.29. The summed E-state index contributed by atoms with van der Waals surface area (Å²) in [5.74, 6) is -2.72. The molecule has 2 aromatic rings. The van der Waals surface area contributed by atoms with E-state index in [0.29, 0.717) is 24.1 Å². The molecule has 1 heterocycles.